The summed E-state index contributed by atoms with van der Waals surface area (Å²) in [6.07, 6.45) is 5.45. The number of fused-ring (bicyclic) bond motifs is 1. The first-order valence-corrected chi connectivity index (χ1v) is 7.80. The molecule has 0 aliphatic heterocycles. The standard InChI is InChI=1S/C17H25N3/c1-4-17(10-7-11-17)12-18-13(2)16-19-14-8-5-6-9-15(14)20(16)3/h5-6,8-9,13,18H,4,7,10-12H2,1-3H3. The van der Waals surface area contributed by atoms with Gasteiger partial charge < -0.3 is 9.88 Å². The average Bonchev–Trinajstić information content (AvgIpc) is 2.76. The van der Waals surface area contributed by atoms with Crippen LogP contribution in [0.15, 0.2) is 24.3 Å². The van der Waals surface area contributed by atoms with Crippen molar-refractivity contribution < 1.29 is 0 Å². The first-order chi connectivity index (χ1) is 9.65. The van der Waals surface area contributed by atoms with Crippen molar-refractivity contribution in [2.75, 3.05) is 6.54 Å². The van der Waals surface area contributed by atoms with Crippen molar-refractivity contribution in [3.63, 3.8) is 0 Å². The third kappa shape index (κ3) is 2.24. The molecule has 1 aromatic heterocycles. The van der Waals surface area contributed by atoms with Gasteiger partial charge in [0, 0.05) is 13.6 Å². The Hall–Kier alpha value is -1.35. The fraction of sp³-hybridized carbons (Fsp3) is 0.588. The third-order valence-electron chi connectivity index (χ3n) is 5.16. The molecule has 1 aliphatic carbocycles. The minimum absolute atomic E-state index is 0.302. The van der Waals surface area contributed by atoms with Gasteiger partial charge in [-0.05, 0) is 43.7 Å². The molecule has 1 heterocycles. The van der Waals surface area contributed by atoms with Gasteiger partial charge in [-0.2, -0.15) is 0 Å². The highest BCUT2D eigenvalue weighted by Crippen LogP contribution is 2.43. The fourth-order valence-corrected chi connectivity index (χ4v) is 3.34. The smallest absolute Gasteiger partial charge is 0.126 e. The zero-order chi connectivity index (χ0) is 14.2. The van der Waals surface area contributed by atoms with E-state index in [-0.39, 0.29) is 0 Å². The summed E-state index contributed by atoms with van der Waals surface area (Å²) in [7, 11) is 2.11. The van der Waals surface area contributed by atoms with Gasteiger partial charge in [0.05, 0.1) is 17.1 Å². The number of imidazole rings is 1. The summed E-state index contributed by atoms with van der Waals surface area (Å²) < 4.78 is 2.21. The lowest BCUT2D eigenvalue weighted by atomic mass is 9.67. The van der Waals surface area contributed by atoms with Crippen LogP contribution in [0.5, 0.6) is 0 Å². The molecule has 0 saturated heterocycles. The lowest BCUT2D eigenvalue weighted by Gasteiger charge is -2.42. The number of hydrogen-bond acceptors (Lipinski definition) is 2. The fourth-order valence-electron chi connectivity index (χ4n) is 3.34. The van der Waals surface area contributed by atoms with Gasteiger partial charge in [0.25, 0.3) is 0 Å². The highest BCUT2D eigenvalue weighted by molar-refractivity contribution is 5.75. The van der Waals surface area contributed by atoms with Gasteiger partial charge >= 0.3 is 0 Å². The Bertz CT molecular complexity index is 590. The molecule has 0 spiro atoms. The number of aryl methyl sites for hydroxylation is 1. The lowest BCUT2D eigenvalue weighted by molar-refractivity contribution is 0.119. The maximum Gasteiger partial charge on any atom is 0.126 e. The number of nitrogens with zero attached hydrogens (tertiary/aromatic N) is 2. The quantitative estimate of drug-likeness (QED) is 0.896. The number of benzene rings is 1. The molecular formula is C17H25N3. The molecule has 1 unspecified atom stereocenters. The largest absolute Gasteiger partial charge is 0.330 e. The Labute approximate surface area is 121 Å². The van der Waals surface area contributed by atoms with E-state index in [1.165, 1.54) is 31.2 Å². The van der Waals surface area contributed by atoms with Crippen LogP contribution in [0, 0.1) is 5.41 Å². The van der Waals surface area contributed by atoms with Gasteiger partial charge in [-0.25, -0.2) is 4.98 Å². The second-order valence-corrected chi connectivity index (χ2v) is 6.33. The molecule has 1 N–H and O–H groups in total. The average molecular weight is 271 g/mol. The minimum Gasteiger partial charge on any atom is -0.330 e. The molecule has 1 fully saturated rings. The molecule has 0 bridgehead atoms. The van der Waals surface area contributed by atoms with E-state index in [1.54, 1.807) is 0 Å². The summed E-state index contributed by atoms with van der Waals surface area (Å²) in [6, 6.07) is 8.66. The zero-order valence-corrected chi connectivity index (χ0v) is 12.8. The minimum atomic E-state index is 0.302. The van der Waals surface area contributed by atoms with E-state index in [0.29, 0.717) is 11.5 Å². The topological polar surface area (TPSA) is 29.9 Å². The summed E-state index contributed by atoms with van der Waals surface area (Å²) in [5, 5.41) is 3.71. The van der Waals surface area contributed by atoms with Crippen LogP contribution in [0.2, 0.25) is 0 Å². The number of para-hydroxylation sites is 2. The Balaban J connectivity index is 1.75. The van der Waals surface area contributed by atoms with Gasteiger partial charge in [-0.3, -0.25) is 0 Å². The molecule has 0 amide bonds. The third-order valence-corrected chi connectivity index (χ3v) is 5.16. The number of aromatic nitrogens is 2. The Morgan fingerprint density at radius 3 is 2.70 bits per heavy atom. The molecule has 3 heteroatoms. The summed E-state index contributed by atoms with van der Waals surface area (Å²) in [6.45, 7) is 5.66. The van der Waals surface area contributed by atoms with Gasteiger partial charge in [-0.15, -0.1) is 0 Å². The van der Waals surface area contributed by atoms with Crippen molar-refractivity contribution in [1.82, 2.24) is 14.9 Å². The van der Waals surface area contributed by atoms with Crippen molar-refractivity contribution >= 4 is 11.0 Å². The summed E-state index contributed by atoms with van der Waals surface area (Å²) in [5.74, 6) is 1.14. The molecule has 1 aromatic carbocycles. The van der Waals surface area contributed by atoms with Crippen LogP contribution in [-0.4, -0.2) is 16.1 Å². The van der Waals surface area contributed by atoms with Crippen LogP contribution >= 0.6 is 0 Å². The van der Waals surface area contributed by atoms with Crippen molar-refractivity contribution in [2.45, 2.75) is 45.6 Å². The van der Waals surface area contributed by atoms with Gasteiger partial charge in [0.2, 0.25) is 0 Å². The van der Waals surface area contributed by atoms with Crippen LogP contribution in [0.4, 0.5) is 0 Å². The van der Waals surface area contributed by atoms with E-state index in [9.17, 15) is 0 Å². The van der Waals surface area contributed by atoms with E-state index >= 15 is 0 Å². The maximum absolute atomic E-state index is 4.78. The Morgan fingerprint density at radius 2 is 2.10 bits per heavy atom. The highest BCUT2D eigenvalue weighted by Gasteiger charge is 2.35. The monoisotopic (exact) mass is 271 g/mol. The second-order valence-electron chi connectivity index (χ2n) is 6.33. The van der Waals surface area contributed by atoms with Crippen molar-refractivity contribution in [3.8, 4) is 0 Å². The van der Waals surface area contributed by atoms with E-state index in [4.69, 9.17) is 4.98 Å². The van der Waals surface area contributed by atoms with E-state index in [2.05, 4.69) is 55.0 Å². The van der Waals surface area contributed by atoms with Crippen LogP contribution in [0.1, 0.15) is 51.4 Å². The number of hydrogen-bond donors (Lipinski definition) is 1. The van der Waals surface area contributed by atoms with Crippen molar-refractivity contribution in [3.05, 3.63) is 30.1 Å². The summed E-state index contributed by atoms with van der Waals surface area (Å²) in [4.78, 5) is 4.78. The van der Waals surface area contributed by atoms with Gasteiger partial charge in [0.15, 0.2) is 0 Å². The van der Waals surface area contributed by atoms with Crippen molar-refractivity contribution in [2.24, 2.45) is 12.5 Å². The van der Waals surface area contributed by atoms with Crippen LogP contribution in [-0.2, 0) is 7.05 Å². The van der Waals surface area contributed by atoms with E-state index in [1.807, 2.05) is 0 Å². The summed E-state index contributed by atoms with van der Waals surface area (Å²) in [5.41, 5.74) is 2.86. The number of nitrogens with one attached hydrogen (secondary N) is 1. The van der Waals surface area contributed by atoms with Crippen LogP contribution in [0.25, 0.3) is 11.0 Å². The van der Waals surface area contributed by atoms with Crippen LogP contribution < -0.4 is 5.32 Å². The van der Waals surface area contributed by atoms with E-state index < -0.39 is 0 Å². The maximum atomic E-state index is 4.78. The van der Waals surface area contributed by atoms with Gasteiger partial charge in [-0.1, -0.05) is 25.5 Å². The van der Waals surface area contributed by atoms with Crippen molar-refractivity contribution in [1.29, 1.82) is 0 Å². The number of rotatable bonds is 5. The normalized spacial score (nSPS) is 18.9. The summed E-state index contributed by atoms with van der Waals surface area (Å²) >= 11 is 0. The molecular weight excluding hydrogens is 246 g/mol. The molecule has 1 saturated carbocycles. The molecule has 3 nitrogen and oxygen atoms in total. The van der Waals surface area contributed by atoms with Gasteiger partial charge in [0.1, 0.15) is 5.82 Å². The predicted molar refractivity (Wildman–Crippen MR) is 83.7 cm³/mol. The second kappa shape index (κ2) is 5.21. The molecule has 3 rings (SSSR count). The van der Waals surface area contributed by atoms with Crippen LogP contribution in [0.3, 0.4) is 0 Å². The molecule has 0 radical (unpaired) electrons. The van der Waals surface area contributed by atoms with E-state index in [0.717, 1.165) is 17.9 Å². The molecule has 108 valence electrons. The molecule has 1 atom stereocenters. The zero-order valence-electron chi connectivity index (χ0n) is 12.8. The first-order valence-electron chi connectivity index (χ1n) is 7.80. The first kappa shape index (κ1) is 13.6. The molecule has 2 aromatic rings. The molecule has 20 heavy (non-hydrogen) atoms. The Morgan fingerprint density at radius 1 is 1.35 bits per heavy atom. The molecule has 1 aliphatic rings. The highest BCUT2D eigenvalue weighted by atomic mass is 15.1. The lowest BCUT2D eigenvalue weighted by Crippen LogP contribution is -2.40. The predicted octanol–water partition coefficient (Wildman–Crippen LogP) is 3.80. The Kier molecular flexibility index (Phi) is 3.55. The SMILES string of the molecule is CCC1(CNC(C)c2nc3ccccc3n2C)CCC1.